The molecule has 2 rings (SSSR count). The molecule has 1 heterocycles. The third-order valence-corrected chi connectivity index (χ3v) is 3.35. The zero-order valence-corrected chi connectivity index (χ0v) is 11.3. The number of thioether (sulfide) groups is 1. The molecule has 0 fully saturated rings. The number of carboxylic acids is 1. The molecule has 100 valence electrons. The minimum absolute atomic E-state index is 0.0395. The predicted octanol–water partition coefficient (Wildman–Crippen LogP) is 3.46. The van der Waals surface area contributed by atoms with Crippen LogP contribution in [0.3, 0.4) is 0 Å². The van der Waals surface area contributed by atoms with Gasteiger partial charge in [0.2, 0.25) is 5.76 Å². The van der Waals surface area contributed by atoms with Crippen LogP contribution < -0.4 is 4.74 Å². The quantitative estimate of drug-likeness (QED) is 0.647. The molecular weight excluding hydrogens is 264 g/mol. The van der Waals surface area contributed by atoms with Crippen LogP contribution in [-0.4, -0.2) is 23.4 Å². The number of benzene rings is 1. The number of carboxylic acid groups (broad SMARTS) is 1. The van der Waals surface area contributed by atoms with Gasteiger partial charge in [-0.3, -0.25) is 0 Å². The van der Waals surface area contributed by atoms with Gasteiger partial charge in [-0.1, -0.05) is 30.0 Å². The van der Waals surface area contributed by atoms with Crippen LogP contribution in [0, 0.1) is 6.92 Å². The molecular formula is C14H14O4S. The number of furan rings is 1. The van der Waals surface area contributed by atoms with E-state index in [1.54, 1.807) is 6.07 Å². The predicted molar refractivity (Wildman–Crippen MR) is 73.1 cm³/mol. The summed E-state index contributed by atoms with van der Waals surface area (Å²) < 4.78 is 10.8. The molecule has 0 bridgehead atoms. The molecule has 5 heteroatoms. The number of aromatic carboxylic acids is 1. The average Bonchev–Trinajstić information content (AvgIpc) is 2.85. The van der Waals surface area contributed by atoms with Gasteiger partial charge >= 0.3 is 5.97 Å². The van der Waals surface area contributed by atoms with Crippen LogP contribution in [0.25, 0.3) is 0 Å². The Balaban J connectivity index is 1.77. The molecule has 1 N–H and O–H groups in total. The summed E-state index contributed by atoms with van der Waals surface area (Å²) in [7, 11) is 0. The fraction of sp³-hybridized carbons (Fsp3) is 0.214. The second kappa shape index (κ2) is 6.33. The lowest BCUT2D eigenvalue weighted by Gasteiger charge is -2.07. The third kappa shape index (κ3) is 3.79. The first-order chi connectivity index (χ1) is 9.16. The standard InChI is InChI=1S/C14H14O4S/c1-10-4-2-3-5-11(10)17-8-9-19-13-7-6-12(18-13)14(15)16/h2-7H,8-9H2,1H3,(H,15,16). The number of carbonyl (C=O) groups is 1. The SMILES string of the molecule is Cc1ccccc1OCCSc1ccc(C(=O)O)o1. The molecule has 0 atom stereocenters. The average molecular weight is 278 g/mol. The molecule has 0 aliphatic rings. The zero-order chi connectivity index (χ0) is 13.7. The summed E-state index contributed by atoms with van der Waals surface area (Å²) >= 11 is 1.43. The monoisotopic (exact) mass is 278 g/mol. The molecule has 0 radical (unpaired) electrons. The zero-order valence-electron chi connectivity index (χ0n) is 10.5. The van der Waals surface area contributed by atoms with Crippen LogP contribution in [-0.2, 0) is 0 Å². The van der Waals surface area contributed by atoms with Crippen LogP contribution in [0.15, 0.2) is 45.9 Å². The topological polar surface area (TPSA) is 59.7 Å². The molecule has 0 amide bonds. The van der Waals surface area contributed by atoms with Gasteiger partial charge in [-0.2, -0.15) is 0 Å². The van der Waals surface area contributed by atoms with E-state index in [1.807, 2.05) is 31.2 Å². The van der Waals surface area contributed by atoms with Crippen LogP contribution in [0.4, 0.5) is 0 Å². The minimum atomic E-state index is -1.05. The van der Waals surface area contributed by atoms with Crippen molar-refractivity contribution in [2.45, 2.75) is 12.0 Å². The minimum Gasteiger partial charge on any atom is -0.492 e. The Morgan fingerprint density at radius 2 is 2.11 bits per heavy atom. The van der Waals surface area contributed by atoms with Gasteiger partial charge in [0, 0.05) is 5.75 Å². The molecule has 0 spiro atoms. The number of hydrogen-bond acceptors (Lipinski definition) is 4. The normalized spacial score (nSPS) is 10.4. The maximum atomic E-state index is 10.6. The van der Waals surface area contributed by atoms with Crippen LogP contribution in [0.1, 0.15) is 16.1 Å². The summed E-state index contributed by atoms with van der Waals surface area (Å²) in [6.07, 6.45) is 0. The molecule has 0 unspecified atom stereocenters. The maximum absolute atomic E-state index is 10.6. The fourth-order valence-corrected chi connectivity index (χ4v) is 2.21. The van der Waals surface area contributed by atoms with E-state index in [9.17, 15) is 4.79 Å². The van der Waals surface area contributed by atoms with E-state index >= 15 is 0 Å². The molecule has 0 aliphatic carbocycles. The number of aryl methyl sites for hydroxylation is 1. The second-order valence-corrected chi connectivity index (χ2v) is 4.99. The Kier molecular flexibility index (Phi) is 4.52. The van der Waals surface area contributed by atoms with Gasteiger partial charge in [-0.15, -0.1) is 0 Å². The van der Waals surface area contributed by atoms with Crippen molar-refractivity contribution in [1.82, 2.24) is 0 Å². The Hall–Kier alpha value is -1.88. The van der Waals surface area contributed by atoms with E-state index in [0.717, 1.165) is 11.3 Å². The van der Waals surface area contributed by atoms with Gasteiger partial charge < -0.3 is 14.3 Å². The van der Waals surface area contributed by atoms with Crippen molar-refractivity contribution in [3.63, 3.8) is 0 Å². The van der Waals surface area contributed by atoms with Crippen molar-refractivity contribution in [2.75, 3.05) is 12.4 Å². The summed E-state index contributed by atoms with van der Waals surface area (Å²) in [6, 6.07) is 10.9. The molecule has 1 aromatic heterocycles. The van der Waals surface area contributed by atoms with Crippen LogP contribution in [0.5, 0.6) is 5.75 Å². The summed E-state index contributed by atoms with van der Waals surface area (Å²) in [6.45, 7) is 2.53. The number of rotatable bonds is 6. The second-order valence-electron chi connectivity index (χ2n) is 3.89. The number of para-hydroxylation sites is 1. The molecule has 1 aromatic carbocycles. The Bertz CT molecular complexity index is 562. The lowest BCUT2D eigenvalue weighted by atomic mass is 10.2. The van der Waals surface area contributed by atoms with E-state index in [-0.39, 0.29) is 5.76 Å². The third-order valence-electron chi connectivity index (χ3n) is 2.47. The highest BCUT2D eigenvalue weighted by molar-refractivity contribution is 7.99. The van der Waals surface area contributed by atoms with E-state index < -0.39 is 5.97 Å². The fourth-order valence-electron chi connectivity index (χ4n) is 1.52. The molecule has 19 heavy (non-hydrogen) atoms. The van der Waals surface area contributed by atoms with Gasteiger partial charge in [-0.05, 0) is 30.7 Å². The highest BCUT2D eigenvalue weighted by Gasteiger charge is 2.09. The first-order valence-electron chi connectivity index (χ1n) is 5.81. The van der Waals surface area contributed by atoms with Crippen molar-refractivity contribution < 1.29 is 19.1 Å². The molecule has 4 nitrogen and oxygen atoms in total. The summed E-state index contributed by atoms with van der Waals surface area (Å²) in [5, 5.41) is 9.31. The van der Waals surface area contributed by atoms with Crippen molar-refractivity contribution >= 4 is 17.7 Å². The largest absolute Gasteiger partial charge is 0.492 e. The summed E-state index contributed by atoms with van der Waals surface area (Å²) in [5.74, 6) is 0.472. The Morgan fingerprint density at radius 3 is 2.79 bits per heavy atom. The van der Waals surface area contributed by atoms with Gasteiger partial charge in [0.25, 0.3) is 0 Å². The van der Waals surface area contributed by atoms with Gasteiger partial charge in [-0.25, -0.2) is 4.79 Å². The maximum Gasteiger partial charge on any atom is 0.371 e. The molecule has 0 aliphatic heterocycles. The smallest absolute Gasteiger partial charge is 0.371 e. The van der Waals surface area contributed by atoms with E-state index in [2.05, 4.69) is 0 Å². The number of ether oxygens (including phenoxy) is 1. The van der Waals surface area contributed by atoms with Gasteiger partial charge in [0.05, 0.1) is 6.61 Å². The summed E-state index contributed by atoms with van der Waals surface area (Å²) in [4.78, 5) is 10.6. The number of hydrogen-bond donors (Lipinski definition) is 1. The first-order valence-corrected chi connectivity index (χ1v) is 6.80. The van der Waals surface area contributed by atoms with Crippen LogP contribution >= 0.6 is 11.8 Å². The lowest BCUT2D eigenvalue weighted by Crippen LogP contribution is -2.00. The highest BCUT2D eigenvalue weighted by atomic mass is 32.2. The Labute approximate surface area is 115 Å². The van der Waals surface area contributed by atoms with Crippen molar-refractivity contribution in [3.05, 3.63) is 47.7 Å². The van der Waals surface area contributed by atoms with E-state index in [4.69, 9.17) is 14.3 Å². The first kappa shape index (κ1) is 13.5. The van der Waals surface area contributed by atoms with Crippen molar-refractivity contribution in [1.29, 1.82) is 0 Å². The Morgan fingerprint density at radius 1 is 1.32 bits per heavy atom. The van der Waals surface area contributed by atoms with Crippen LogP contribution in [0.2, 0.25) is 0 Å². The summed E-state index contributed by atoms with van der Waals surface area (Å²) in [5.41, 5.74) is 1.10. The molecule has 0 saturated carbocycles. The molecule has 2 aromatic rings. The van der Waals surface area contributed by atoms with Gasteiger partial charge in [0.1, 0.15) is 5.75 Å². The lowest BCUT2D eigenvalue weighted by molar-refractivity contribution is 0.0656. The van der Waals surface area contributed by atoms with E-state index in [1.165, 1.54) is 17.8 Å². The van der Waals surface area contributed by atoms with E-state index in [0.29, 0.717) is 17.5 Å². The van der Waals surface area contributed by atoms with Crippen molar-refractivity contribution in [3.8, 4) is 5.75 Å². The highest BCUT2D eigenvalue weighted by Crippen LogP contribution is 2.22. The molecule has 0 saturated heterocycles. The van der Waals surface area contributed by atoms with Crippen molar-refractivity contribution in [2.24, 2.45) is 0 Å². The van der Waals surface area contributed by atoms with Gasteiger partial charge in [0.15, 0.2) is 5.09 Å².